The second-order valence-corrected chi connectivity index (χ2v) is 8.52. The number of rotatable bonds is 4. The third-order valence-corrected chi connectivity index (χ3v) is 7.08. The minimum Gasteiger partial charge on any atom is -0.469 e. The molecule has 148 valence electrons. The van der Waals surface area contributed by atoms with Gasteiger partial charge in [0.2, 0.25) is 0 Å². The molecule has 9 heteroatoms. The van der Waals surface area contributed by atoms with E-state index in [0.717, 1.165) is 36.2 Å². The molecule has 2 bridgehead atoms. The van der Waals surface area contributed by atoms with E-state index in [0.29, 0.717) is 31.7 Å². The van der Waals surface area contributed by atoms with Crippen LogP contribution in [-0.2, 0) is 33.7 Å². The summed E-state index contributed by atoms with van der Waals surface area (Å²) >= 11 is 1.51. The first-order valence-electron chi connectivity index (χ1n) is 9.56. The number of carbonyl (C=O) groups is 2. The van der Waals surface area contributed by atoms with Crippen molar-refractivity contribution in [2.24, 2.45) is 5.41 Å². The highest BCUT2D eigenvalue weighted by Gasteiger charge is 2.62. The lowest BCUT2D eigenvalue weighted by Gasteiger charge is -2.34. The molecule has 1 amide bonds. The monoisotopic (exact) mass is 402 g/mol. The molecule has 8 nitrogen and oxygen atoms in total. The van der Waals surface area contributed by atoms with Crippen LogP contribution >= 0.6 is 11.3 Å². The Bertz CT molecular complexity index is 911. The van der Waals surface area contributed by atoms with Gasteiger partial charge in [0.1, 0.15) is 0 Å². The highest BCUT2D eigenvalue weighted by atomic mass is 32.1. The number of aromatic amines is 1. The number of aromatic nitrogens is 3. The molecule has 2 aromatic heterocycles. The van der Waals surface area contributed by atoms with E-state index in [9.17, 15) is 9.59 Å². The number of nitrogens with one attached hydrogen (secondary N) is 1. The molecule has 2 fully saturated rings. The number of hydrogen-bond acceptors (Lipinski definition) is 7. The van der Waals surface area contributed by atoms with Crippen LogP contribution in [0, 0.1) is 5.41 Å². The Labute approximate surface area is 166 Å². The molecule has 3 atom stereocenters. The summed E-state index contributed by atoms with van der Waals surface area (Å²) in [5.41, 5.74) is 4.16. The lowest BCUT2D eigenvalue weighted by atomic mass is 9.71. The van der Waals surface area contributed by atoms with Crippen LogP contribution in [-0.4, -0.2) is 57.8 Å². The third kappa shape index (κ3) is 2.52. The Morgan fingerprint density at radius 1 is 1.46 bits per heavy atom. The molecular formula is C19H22N4O4S. The van der Waals surface area contributed by atoms with Crippen LogP contribution in [0.5, 0.6) is 0 Å². The molecule has 2 saturated heterocycles. The minimum absolute atomic E-state index is 0.0205. The fourth-order valence-corrected chi connectivity index (χ4v) is 5.79. The predicted octanol–water partition coefficient (Wildman–Crippen LogP) is 1.72. The van der Waals surface area contributed by atoms with Crippen molar-refractivity contribution in [1.29, 1.82) is 0 Å². The van der Waals surface area contributed by atoms with E-state index in [1.807, 2.05) is 10.3 Å². The molecule has 5 rings (SSSR count). The zero-order valence-corrected chi connectivity index (χ0v) is 16.5. The number of fused-ring (bicyclic) bond motifs is 3. The van der Waals surface area contributed by atoms with E-state index in [1.165, 1.54) is 18.4 Å². The van der Waals surface area contributed by atoms with Gasteiger partial charge in [0.05, 0.1) is 36.9 Å². The Kier molecular flexibility index (Phi) is 4.24. The van der Waals surface area contributed by atoms with Crippen molar-refractivity contribution in [3.8, 4) is 0 Å². The number of hydrogen-bond donors (Lipinski definition) is 1. The number of H-pyrrole nitrogens is 1. The molecule has 0 aromatic carbocycles. The zero-order chi connectivity index (χ0) is 19.3. The van der Waals surface area contributed by atoms with Gasteiger partial charge in [-0.25, -0.2) is 4.98 Å². The summed E-state index contributed by atoms with van der Waals surface area (Å²) in [4.78, 5) is 32.6. The quantitative estimate of drug-likeness (QED) is 0.782. The van der Waals surface area contributed by atoms with E-state index in [4.69, 9.17) is 9.47 Å². The number of thiazole rings is 1. The number of amides is 1. The molecule has 5 heterocycles. The van der Waals surface area contributed by atoms with Crippen molar-refractivity contribution in [3.63, 3.8) is 0 Å². The number of carbonyl (C=O) groups excluding carboxylic acids is 2. The van der Waals surface area contributed by atoms with Crippen molar-refractivity contribution < 1.29 is 19.1 Å². The van der Waals surface area contributed by atoms with E-state index >= 15 is 0 Å². The van der Waals surface area contributed by atoms with Gasteiger partial charge in [0, 0.05) is 41.6 Å². The normalized spacial score (nSPS) is 28.4. The van der Waals surface area contributed by atoms with Crippen LogP contribution in [0.3, 0.4) is 0 Å². The summed E-state index contributed by atoms with van der Waals surface area (Å²) in [6.07, 6.45) is 3.53. The summed E-state index contributed by atoms with van der Waals surface area (Å²) in [7, 11) is 1.42. The molecule has 0 spiro atoms. The summed E-state index contributed by atoms with van der Waals surface area (Å²) < 4.78 is 10.7. The fraction of sp³-hybridized carbons (Fsp3) is 0.579. The van der Waals surface area contributed by atoms with Crippen molar-refractivity contribution in [2.75, 3.05) is 13.7 Å². The topological polar surface area (TPSA) is 97.4 Å². The van der Waals surface area contributed by atoms with Gasteiger partial charge < -0.3 is 14.4 Å². The smallest absolute Gasteiger partial charge is 0.314 e. The second kappa shape index (κ2) is 6.66. The highest BCUT2D eigenvalue weighted by Crippen LogP contribution is 2.52. The van der Waals surface area contributed by atoms with Crippen LogP contribution in [0.2, 0.25) is 0 Å². The molecule has 0 aliphatic carbocycles. The molecule has 0 unspecified atom stereocenters. The van der Waals surface area contributed by atoms with Gasteiger partial charge in [-0.1, -0.05) is 0 Å². The maximum absolute atomic E-state index is 13.5. The second-order valence-electron chi connectivity index (χ2n) is 7.80. The molecule has 0 radical (unpaired) electrons. The number of esters is 1. The standard InChI is InChI=1S/C19H22N4O4S/c1-26-18(25)19(6-11-9-28-10-20-11)7-12-2-3-15(19)23(12)17(24)16-13-8-27-5-4-14(13)21-22-16/h9-10,12,15H,2-8H2,1H3,(H,21,22)/t12-,15+,19+/m1/s1. The molecular weight excluding hydrogens is 380 g/mol. The van der Waals surface area contributed by atoms with Gasteiger partial charge in [0.25, 0.3) is 5.91 Å². The van der Waals surface area contributed by atoms with Crippen molar-refractivity contribution >= 4 is 23.2 Å². The van der Waals surface area contributed by atoms with Crippen molar-refractivity contribution in [3.05, 3.63) is 33.5 Å². The van der Waals surface area contributed by atoms with E-state index in [-0.39, 0.29) is 24.0 Å². The predicted molar refractivity (Wildman–Crippen MR) is 99.8 cm³/mol. The Morgan fingerprint density at radius 3 is 3.14 bits per heavy atom. The third-order valence-electron chi connectivity index (χ3n) is 6.44. The molecule has 28 heavy (non-hydrogen) atoms. The average molecular weight is 402 g/mol. The number of ether oxygens (including phenoxy) is 2. The SMILES string of the molecule is COC(=O)[C@@]1(Cc2cscn2)C[C@H]2CC[C@@H]1N2C(=O)c1n[nH]c2c1COCC2. The molecule has 2 aromatic rings. The lowest BCUT2D eigenvalue weighted by molar-refractivity contribution is -0.154. The van der Waals surface area contributed by atoms with Crippen LogP contribution in [0.15, 0.2) is 10.9 Å². The fourth-order valence-electron chi connectivity index (χ4n) is 5.23. The Morgan fingerprint density at radius 2 is 2.36 bits per heavy atom. The lowest BCUT2D eigenvalue weighted by Crippen LogP contribution is -2.47. The summed E-state index contributed by atoms with van der Waals surface area (Å²) in [6.45, 7) is 1.04. The Hall–Kier alpha value is -2.26. The van der Waals surface area contributed by atoms with Gasteiger partial charge in [-0.05, 0) is 19.3 Å². The summed E-state index contributed by atoms with van der Waals surface area (Å²) in [5.74, 6) is -0.363. The van der Waals surface area contributed by atoms with E-state index < -0.39 is 5.41 Å². The van der Waals surface area contributed by atoms with Crippen molar-refractivity contribution in [1.82, 2.24) is 20.1 Å². The van der Waals surface area contributed by atoms with Crippen molar-refractivity contribution in [2.45, 2.75) is 50.8 Å². The molecule has 3 aliphatic heterocycles. The number of nitrogens with zero attached hydrogens (tertiary/aromatic N) is 3. The van der Waals surface area contributed by atoms with E-state index in [2.05, 4.69) is 15.2 Å². The summed E-state index contributed by atoms with van der Waals surface area (Å²) in [6, 6.07) is -0.178. The van der Waals surface area contributed by atoms with Crippen LogP contribution in [0.25, 0.3) is 0 Å². The molecule has 0 saturated carbocycles. The first-order chi connectivity index (χ1) is 13.6. The van der Waals surface area contributed by atoms with E-state index in [1.54, 1.807) is 5.51 Å². The molecule has 3 aliphatic rings. The summed E-state index contributed by atoms with van der Waals surface area (Å²) in [5, 5.41) is 9.26. The first kappa shape index (κ1) is 17.8. The van der Waals surface area contributed by atoms with Gasteiger partial charge in [0.15, 0.2) is 5.69 Å². The number of methoxy groups -OCH3 is 1. The van der Waals surface area contributed by atoms with Gasteiger partial charge in [-0.2, -0.15) is 5.10 Å². The van der Waals surface area contributed by atoms with Crippen LogP contribution in [0.1, 0.15) is 46.7 Å². The molecule has 1 N–H and O–H groups in total. The van der Waals surface area contributed by atoms with Gasteiger partial charge in [-0.15, -0.1) is 11.3 Å². The zero-order valence-electron chi connectivity index (χ0n) is 15.6. The highest BCUT2D eigenvalue weighted by molar-refractivity contribution is 7.07. The van der Waals surface area contributed by atoms with Crippen LogP contribution < -0.4 is 0 Å². The first-order valence-corrected chi connectivity index (χ1v) is 10.5. The minimum atomic E-state index is -0.742. The Balaban J connectivity index is 1.49. The average Bonchev–Trinajstić information content (AvgIpc) is 3.49. The maximum Gasteiger partial charge on any atom is 0.314 e. The largest absolute Gasteiger partial charge is 0.469 e. The maximum atomic E-state index is 13.5. The van der Waals surface area contributed by atoms with Gasteiger partial charge >= 0.3 is 5.97 Å². The van der Waals surface area contributed by atoms with Crippen LogP contribution in [0.4, 0.5) is 0 Å². The van der Waals surface area contributed by atoms with Gasteiger partial charge in [-0.3, -0.25) is 14.7 Å².